The Labute approximate surface area is 99.3 Å². The molecule has 0 aliphatic heterocycles. The van der Waals surface area contributed by atoms with Gasteiger partial charge in [-0.25, -0.2) is 4.98 Å². The first-order valence-electron chi connectivity index (χ1n) is 5.36. The average molecular weight is 236 g/mol. The SMILES string of the molecule is Cc1ccc2nc(CSC[C@@H](C)O)[nH]c2c1. The van der Waals surface area contributed by atoms with E-state index in [2.05, 4.69) is 29.0 Å². The number of aryl methyl sites for hydroxylation is 1. The summed E-state index contributed by atoms with van der Waals surface area (Å²) in [4.78, 5) is 7.79. The quantitative estimate of drug-likeness (QED) is 0.857. The van der Waals surface area contributed by atoms with Crippen LogP contribution in [0.2, 0.25) is 0 Å². The van der Waals surface area contributed by atoms with E-state index in [0.717, 1.165) is 28.4 Å². The number of H-pyrrole nitrogens is 1. The van der Waals surface area contributed by atoms with Crippen LogP contribution in [0.3, 0.4) is 0 Å². The Kier molecular flexibility index (Phi) is 3.51. The van der Waals surface area contributed by atoms with E-state index in [1.54, 1.807) is 18.7 Å². The number of imidazole rings is 1. The summed E-state index contributed by atoms with van der Waals surface area (Å²) in [6, 6.07) is 6.20. The molecule has 0 amide bonds. The summed E-state index contributed by atoms with van der Waals surface area (Å²) in [7, 11) is 0. The Balaban J connectivity index is 2.08. The van der Waals surface area contributed by atoms with Gasteiger partial charge in [-0.1, -0.05) is 6.07 Å². The van der Waals surface area contributed by atoms with Crippen LogP contribution in [0.4, 0.5) is 0 Å². The van der Waals surface area contributed by atoms with Gasteiger partial charge in [-0.3, -0.25) is 0 Å². The van der Waals surface area contributed by atoms with Gasteiger partial charge in [-0.15, -0.1) is 0 Å². The Morgan fingerprint density at radius 3 is 3.06 bits per heavy atom. The van der Waals surface area contributed by atoms with Gasteiger partial charge in [0.1, 0.15) is 5.82 Å². The highest BCUT2D eigenvalue weighted by molar-refractivity contribution is 7.98. The monoisotopic (exact) mass is 236 g/mol. The van der Waals surface area contributed by atoms with Crippen molar-refractivity contribution in [1.29, 1.82) is 0 Å². The van der Waals surface area contributed by atoms with E-state index < -0.39 is 0 Å². The van der Waals surface area contributed by atoms with E-state index in [1.165, 1.54) is 5.56 Å². The molecule has 0 spiro atoms. The Hall–Kier alpha value is -1.00. The lowest BCUT2D eigenvalue weighted by molar-refractivity contribution is 0.220. The fourth-order valence-electron chi connectivity index (χ4n) is 1.57. The first-order chi connectivity index (χ1) is 7.65. The zero-order valence-corrected chi connectivity index (χ0v) is 10.3. The van der Waals surface area contributed by atoms with Crippen molar-refractivity contribution in [3.05, 3.63) is 29.6 Å². The maximum Gasteiger partial charge on any atom is 0.117 e. The fourth-order valence-corrected chi connectivity index (χ4v) is 2.36. The third-order valence-electron chi connectivity index (χ3n) is 2.28. The van der Waals surface area contributed by atoms with Crippen molar-refractivity contribution in [3.8, 4) is 0 Å². The van der Waals surface area contributed by atoms with Gasteiger partial charge in [0.25, 0.3) is 0 Å². The molecular weight excluding hydrogens is 220 g/mol. The van der Waals surface area contributed by atoms with Crippen molar-refractivity contribution >= 4 is 22.8 Å². The Morgan fingerprint density at radius 2 is 2.31 bits per heavy atom. The third kappa shape index (κ3) is 2.77. The number of fused-ring (bicyclic) bond motifs is 1. The number of aliphatic hydroxyl groups is 1. The van der Waals surface area contributed by atoms with Gasteiger partial charge in [-0.05, 0) is 31.5 Å². The Morgan fingerprint density at radius 1 is 1.50 bits per heavy atom. The molecule has 0 aliphatic rings. The molecule has 86 valence electrons. The number of benzene rings is 1. The lowest BCUT2D eigenvalue weighted by Gasteiger charge is -2.01. The van der Waals surface area contributed by atoms with Crippen molar-refractivity contribution in [2.75, 3.05) is 5.75 Å². The van der Waals surface area contributed by atoms with Gasteiger partial charge in [0.15, 0.2) is 0 Å². The number of nitrogens with zero attached hydrogens (tertiary/aromatic N) is 1. The van der Waals surface area contributed by atoms with E-state index in [-0.39, 0.29) is 6.10 Å². The molecule has 0 saturated heterocycles. The van der Waals surface area contributed by atoms with Gasteiger partial charge in [0.05, 0.1) is 22.9 Å². The summed E-state index contributed by atoms with van der Waals surface area (Å²) < 4.78 is 0. The third-order valence-corrected chi connectivity index (χ3v) is 3.48. The second kappa shape index (κ2) is 4.89. The van der Waals surface area contributed by atoms with Crippen LogP contribution in [0.15, 0.2) is 18.2 Å². The molecule has 0 unspecified atom stereocenters. The largest absolute Gasteiger partial charge is 0.393 e. The summed E-state index contributed by atoms with van der Waals surface area (Å²) in [5, 5.41) is 9.16. The van der Waals surface area contributed by atoms with Crippen molar-refractivity contribution in [1.82, 2.24) is 9.97 Å². The van der Waals surface area contributed by atoms with Crippen LogP contribution in [0.5, 0.6) is 0 Å². The second-order valence-electron chi connectivity index (χ2n) is 4.07. The Bertz CT molecular complexity index is 479. The highest BCUT2D eigenvalue weighted by Crippen LogP contribution is 2.17. The van der Waals surface area contributed by atoms with Crippen LogP contribution in [0, 0.1) is 6.92 Å². The van der Waals surface area contributed by atoms with E-state index in [1.807, 2.05) is 6.07 Å². The summed E-state index contributed by atoms with van der Waals surface area (Å²) in [6.45, 7) is 3.87. The van der Waals surface area contributed by atoms with E-state index in [9.17, 15) is 0 Å². The molecule has 2 rings (SSSR count). The molecule has 0 saturated carbocycles. The van der Waals surface area contributed by atoms with Gasteiger partial charge < -0.3 is 10.1 Å². The lowest BCUT2D eigenvalue weighted by Crippen LogP contribution is -2.03. The van der Waals surface area contributed by atoms with Crippen LogP contribution in [0.25, 0.3) is 11.0 Å². The van der Waals surface area contributed by atoms with E-state index in [0.29, 0.717) is 0 Å². The number of aliphatic hydroxyl groups excluding tert-OH is 1. The van der Waals surface area contributed by atoms with Crippen molar-refractivity contribution in [2.45, 2.75) is 25.7 Å². The molecule has 4 heteroatoms. The molecule has 16 heavy (non-hydrogen) atoms. The van der Waals surface area contributed by atoms with Crippen LogP contribution >= 0.6 is 11.8 Å². The van der Waals surface area contributed by atoms with Gasteiger partial charge in [0.2, 0.25) is 0 Å². The zero-order valence-electron chi connectivity index (χ0n) is 9.53. The molecule has 1 atom stereocenters. The fraction of sp³-hybridized carbons (Fsp3) is 0.417. The minimum absolute atomic E-state index is 0.253. The molecule has 0 fully saturated rings. The molecule has 2 N–H and O–H groups in total. The molecule has 1 heterocycles. The smallest absolute Gasteiger partial charge is 0.117 e. The van der Waals surface area contributed by atoms with Crippen molar-refractivity contribution < 1.29 is 5.11 Å². The summed E-state index contributed by atoms with van der Waals surface area (Å²) in [6.07, 6.45) is -0.253. The normalized spacial score (nSPS) is 13.2. The highest BCUT2D eigenvalue weighted by Gasteiger charge is 2.03. The van der Waals surface area contributed by atoms with Crippen LogP contribution in [-0.4, -0.2) is 26.9 Å². The summed E-state index contributed by atoms with van der Waals surface area (Å²) in [5.74, 6) is 2.54. The number of rotatable bonds is 4. The summed E-state index contributed by atoms with van der Waals surface area (Å²) >= 11 is 1.69. The van der Waals surface area contributed by atoms with Crippen LogP contribution in [-0.2, 0) is 5.75 Å². The summed E-state index contributed by atoms with van der Waals surface area (Å²) in [5.41, 5.74) is 3.34. The van der Waals surface area contributed by atoms with Gasteiger partial charge >= 0.3 is 0 Å². The minimum Gasteiger partial charge on any atom is -0.393 e. The predicted molar refractivity (Wildman–Crippen MR) is 68.7 cm³/mol. The maximum atomic E-state index is 9.16. The number of aromatic nitrogens is 2. The van der Waals surface area contributed by atoms with Crippen LogP contribution in [0.1, 0.15) is 18.3 Å². The molecule has 0 radical (unpaired) electrons. The second-order valence-corrected chi connectivity index (χ2v) is 5.10. The lowest BCUT2D eigenvalue weighted by atomic mass is 10.2. The van der Waals surface area contributed by atoms with E-state index >= 15 is 0 Å². The first kappa shape index (κ1) is 11.5. The number of hydrogen-bond donors (Lipinski definition) is 2. The number of nitrogens with one attached hydrogen (secondary N) is 1. The standard InChI is InChI=1S/C12H16N2OS/c1-8-3-4-10-11(5-8)14-12(13-10)7-16-6-9(2)15/h3-5,9,15H,6-7H2,1-2H3,(H,13,14)/t9-/m1/s1. The molecule has 1 aromatic heterocycles. The van der Waals surface area contributed by atoms with Gasteiger partial charge in [0, 0.05) is 5.75 Å². The molecule has 2 aromatic rings. The van der Waals surface area contributed by atoms with Gasteiger partial charge in [-0.2, -0.15) is 11.8 Å². The number of aromatic amines is 1. The number of hydrogen-bond acceptors (Lipinski definition) is 3. The number of thioether (sulfide) groups is 1. The zero-order chi connectivity index (χ0) is 11.5. The molecule has 1 aromatic carbocycles. The maximum absolute atomic E-state index is 9.16. The molecule has 0 bridgehead atoms. The predicted octanol–water partition coefficient (Wildman–Crippen LogP) is 2.49. The topological polar surface area (TPSA) is 48.9 Å². The van der Waals surface area contributed by atoms with Crippen LogP contribution < -0.4 is 0 Å². The molecule has 0 aliphatic carbocycles. The first-order valence-corrected chi connectivity index (χ1v) is 6.51. The van der Waals surface area contributed by atoms with Crippen molar-refractivity contribution in [2.24, 2.45) is 0 Å². The molecule has 3 nitrogen and oxygen atoms in total. The molecular formula is C12H16N2OS. The highest BCUT2D eigenvalue weighted by atomic mass is 32.2. The van der Waals surface area contributed by atoms with E-state index in [4.69, 9.17) is 5.11 Å². The average Bonchev–Trinajstić information content (AvgIpc) is 2.58. The minimum atomic E-state index is -0.253. The van der Waals surface area contributed by atoms with Crippen molar-refractivity contribution in [3.63, 3.8) is 0 Å².